The molecule has 1 aromatic rings. The number of ether oxygens (including phenoxy) is 1. The number of esters is 1. The largest absolute Gasteiger partial charge is 0.469 e. The van der Waals surface area contributed by atoms with E-state index >= 15 is 0 Å². The van der Waals surface area contributed by atoms with Crippen LogP contribution >= 0.6 is 23.1 Å². The summed E-state index contributed by atoms with van der Waals surface area (Å²) in [7, 11) is 1.42. The van der Waals surface area contributed by atoms with Gasteiger partial charge in [-0.3, -0.25) is 4.79 Å². The van der Waals surface area contributed by atoms with Crippen LogP contribution in [-0.4, -0.2) is 35.6 Å². The molecule has 1 fully saturated rings. The Morgan fingerprint density at radius 1 is 1.63 bits per heavy atom. The number of methoxy groups -OCH3 is 1. The summed E-state index contributed by atoms with van der Waals surface area (Å²) in [5.74, 6) is -0.180. The fraction of sp³-hybridized carbons (Fsp3) is 0.692. The van der Waals surface area contributed by atoms with Crippen LogP contribution in [0.5, 0.6) is 0 Å². The van der Waals surface area contributed by atoms with Crippen LogP contribution in [0.3, 0.4) is 0 Å². The van der Waals surface area contributed by atoms with Crippen molar-refractivity contribution in [1.29, 1.82) is 0 Å². The van der Waals surface area contributed by atoms with Crippen molar-refractivity contribution in [3.63, 3.8) is 0 Å². The molecule has 19 heavy (non-hydrogen) atoms. The van der Waals surface area contributed by atoms with Gasteiger partial charge in [0.1, 0.15) is 0 Å². The van der Waals surface area contributed by atoms with Gasteiger partial charge in [-0.15, -0.1) is 11.3 Å². The van der Waals surface area contributed by atoms with Crippen molar-refractivity contribution in [2.24, 2.45) is 0 Å². The molecular formula is C13H20N2O2S2. The average molecular weight is 300 g/mol. The molecule has 106 valence electrons. The highest BCUT2D eigenvalue weighted by molar-refractivity contribution is 7.99. The van der Waals surface area contributed by atoms with Crippen molar-refractivity contribution in [1.82, 2.24) is 4.98 Å². The van der Waals surface area contributed by atoms with Gasteiger partial charge in [-0.25, -0.2) is 4.98 Å². The number of hydrogen-bond donors (Lipinski definition) is 1. The van der Waals surface area contributed by atoms with Crippen LogP contribution in [0.2, 0.25) is 0 Å². The third-order valence-corrected chi connectivity index (χ3v) is 5.42. The van der Waals surface area contributed by atoms with Crippen molar-refractivity contribution in [3.05, 3.63) is 11.1 Å². The average Bonchev–Trinajstić information content (AvgIpc) is 3.05. The minimum Gasteiger partial charge on any atom is -0.469 e. The van der Waals surface area contributed by atoms with E-state index in [-0.39, 0.29) is 5.97 Å². The number of rotatable bonds is 6. The van der Waals surface area contributed by atoms with Gasteiger partial charge in [0.25, 0.3) is 0 Å². The van der Waals surface area contributed by atoms with Crippen LogP contribution in [0, 0.1) is 0 Å². The highest BCUT2D eigenvalue weighted by Gasteiger charge is 2.26. The fourth-order valence-electron chi connectivity index (χ4n) is 2.35. The van der Waals surface area contributed by atoms with Gasteiger partial charge in [0.05, 0.1) is 19.2 Å². The summed E-state index contributed by atoms with van der Waals surface area (Å²) in [5.41, 5.74) is 0.969. The minimum absolute atomic E-state index is 0.180. The van der Waals surface area contributed by atoms with E-state index in [1.807, 2.05) is 17.1 Å². The topological polar surface area (TPSA) is 51.2 Å². The van der Waals surface area contributed by atoms with E-state index in [1.54, 1.807) is 11.3 Å². The minimum atomic E-state index is -0.180. The summed E-state index contributed by atoms with van der Waals surface area (Å²) in [6.07, 6.45) is 7.04. The van der Waals surface area contributed by atoms with Gasteiger partial charge in [0, 0.05) is 23.1 Å². The van der Waals surface area contributed by atoms with Crippen molar-refractivity contribution < 1.29 is 9.53 Å². The zero-order valence-electron chi connectivity index (χ0n) is 11.3. The Balaban J connectivity index is 1.85. The predicted molar refractivity (Wildman–Crippen MR) is 81.0 cm³/mol. The molecule has 0 radical (unpaired) electrons. The molecule has 0 aromatic carbocycles. The van der Waals surface area contributed by atoms with Crippen molar-refractivity contribution in [2.75, 3.05) is 18.7 Å². The molecule has 1 aliphatic rings. The van der Waals surface area contributed by atoms with Crippen LogP contribution in [0.15, 0.2) is 5.38 Å². The Bertz CT molecular complexity index is 423. The molecule has 2 unspecified atom stereocenters. The number of nitrogens with one attached hydrogen (secondary N) is 1. The Morgan fingerprint density at radius 3 is 3.21 bits per heavy atom. The van der Waals surface area contributed by atoms with Gasteiger partial charge in [0.15, 0.2) is 5.13 Å². The number of thioether (sulfide) groups is 1. The number of aryl methyl sites for hydroxylation is 1. The second-order valence-corrected chi connectivity index (χ2v) is 6.61. The van der Waals surface area contributed by atoms with Crippen molar-refractivity contribution >= 4 is 34.2 Å². The molecule has 2 atom stereocenters. The molecular weight excluding hydrogens is 280 g/mol. The summed E-state index contributed by atoms with van der Waals surface area (Å²) in [5, 5.41) is 7.23. The molecule has 1 aliphatic carbocycles. The lowest BCUT2D eigenvalue weighted by atomic mass is 10.2. The van der Waals surface area contributed by atoms with Gasteiger partial charge >= 0.3 is 5.97 Å². The first-order valence-corrected chi connectivity index (χ1v) is 8.70. The van der Waals surface area contributed by atoms with Gasteiger partial charge in [-0.1, -0.05) is 6.42 Å². The quantitative estimate of drug-likeness (QED) is 0.819. The Kier molecular flexibility index (Phi) is 5.51. The maximum absolute atomic E-state index is 11.1. The molecule has 2 rings (SSSR count). The fourth-order valence-corrected chi connectivity index (χ4v) is 4.09. The Labute approximate surface area is 122 Å². The van der Waals surface area contributed by atoms with Gasteiger partial charge in [0.2, 0.25) is 0 Å². The first-order valence-electron chi connectivity index (χ1n) is 6.53. The molecule has 1 heterocycles. The molecule has 0 amide bonds. The third-order valence-electron chi connectivity index (χ3n) is 3.43. The SMILES string of the molecule is COC(=O)CCc1csc(NC2CCCC2SC)n1. The van der Waals surface area contributed by atoms with Crippen LogP contribution in [-0.2, 0) is 16.0 Å². The van der Waals surface area contributed by atoms with E-state index in [0.29, 0.717) is 24.1 Å². The van der Waals surface area contributed by atoms with E-state index in [2.05, 4.69) is 21.3 Å². The lowest BCUT2D eigenvalue weighted by Gasteiger charge is -2.18. The van der Waals surface area contributed by atoms with Crippen LogP contribution in [0.1, 0.15) is 31.4 Å². The van der Waals surface area contributed by atoms with Crippen LogP contribution in [0.25, 0.3) is 0 Å². The highest BCUT2D eigenvalue weighted by atomic mass is 32.2. The molecule has 0 aliphatic heterocycles. The molecule has 0 spiro atoms. The molecule has 1 saturated carbocycles. The summed E-state index contributed by atoms with van der Waals surface area (Å²) < 4.78 is 4.63. The Morgan fingerprint density at radius 2 is 2.47 bits per heavy atom. The summed E-state index contributed by atoms with van der Waals surface area (Å²) >= 11 is 3.56. The lowest BCUT2D eigenvalue weighted by Crippen LogP contribution is -2.25. The maximum Gasteiger partial charge on any atom is 0.305 e. The van der Waals surface area contributed by atoms with Crippen LogP contribution in [0.4, 0.5) is 5.13 Å². The van der Waals surface area contributed by atoms with E-state index < -0.39 is 0 Å². The monoisotopic (exact) mass is 300 g/mol. The first kappa shape index (κ1) is 14.7. The Hall–Kier alpha value is -0.750. The number of thiazole rings is 1. The van der Waals surface area contributed by atoms with Crippen molar-refractivity contribution in [2.45, 2.75) is 43.4 Å². The lowest BCUT2D eigenvalue weighted by molar-refractivity contribution is -0.140. The van der Waals surface area contributed by atoms with Gasteiger partial charge < -0.3 is 10.1 Å². The van der Waals surface area contributed by atoms with E-state index in [1.165, 1.54) is 26.4 Å². The normalized spacial score (nSPS) is 22.4. The van der Waals surface area contributed by atoms with E-state index in [0.717, 1.165) is 10.8 Å². The summed E-state index contributed by atoms with van der Waals surface area (Å²) in [4.78, 5) is 15.6. The zero-order valence-corrected chi connectivity index (χ0v) is 13.0. The molecule has 4 nitrogen and oxygen atoms in total. The summed E-state index contributed by atoms with van der Waals surface area (Å²) in [6, 6.07) is 0.537. The number of carbonyl (C=O) groups excluding carboxylic acids is 1. The molecule has 0 saturated heterocycles. The third kappa shape index (κ3) is 4.11. The number of carbonyl (C=O) groups is 1. The summed E-state index contributed by atoms with van der Waals surface area (Å²) in [6.45, 7) is 0. The zero-order chi connectivity index (χ0) is 13.7. The molecule has 6 heteroatoms. The van der Waals surface area contributed by atoms with E-state index in [4.69, 9.17) is 0 Å². The second-order valence-electron chi connectivity index (χ2n) is 4.68. The number of nitrogens with zero attached hydrogens (tertiary/aromatic N) is 1. The van der Waals surface area contributed by atoms with E-state index in [9.17, 15) is 4.79 Å². The van der Waals surface area contributed by atoms with Gasteiger partial charge in [-0.05, 0) is 19.1 Å². The molecule has 1 N–H and O–H groups in total. The van der Waals surface area contributed by atoms with Gasteiger partial charge in [-0.2, -0.15) is 11.8 Å². The van der Waals surface area contributed by atoms with Crippen LogP contribution < -0.4 is 5.32 Å². The molecule has 0 bridgehead atoms. The first-order chi connectivity index (χ1) is 9.22. The predicted octanol–water partition coefficient (Wildman–Crippen LogP) is 2.94. The smallest absolute Gasteiger partial charge is 0.305 e. The molecule has 1 aromatic heterocycles. The number of anilines is 1. The number of hydrogen-bond acceptors (Lipinski definition) is 6. The standard InChI is InChI=1S/C13H20N2O2S2/c1-17-12(16)7-6-9-8-19-13(14-9)15-10-4-3-5-11(10)18-2/h8,10-11H,3-7H2,1-2H3,(H,14,15). The van der Waals surface area contributed by atoms with Crippen molar-refractivity contribution in [3.8, 4) is 0 Å². The number of aromatic nitrogens is 1. The highest BCUT2D eigenvalue weighted by Crippen LogP contribution is 2.31. The maximum atomic E-state index is 11.1. The second kappa shape index (κ2) is 7.14.